The van der Waals surface area contributed by atoms with Gasteiger partial charge in [0.1, 0.15) is 0 Å². The molecular weight excluding hydrogens is 192 g/mol. The maximum absolute atomic E-state index is 10.9. The molecule has 3 N–H and O–H groups in total. The van der Waals surface area contributed by atoms with Crippen LogP contribution in [-0.4, -0.2) is 11.8 Å². The van der Waals surface area contributed by atoms with Crippen molar-refractivity contribution in [3.05, 3.63) is 35.4 Å². The maximum Gasteiger partial charge on any atom is 0.265 e. The summed E-state index contributed by atoms with van der Waals surface area (Å²) in [5, 5.41) is 0. The third-order valence-electron chi connectivity index (χ3n) is 1.52. The first kappa shape index (κ1) is 9.54. The highest BCUT2D eigenvalue weighted by Crippen LogP contribution is 2.03. The van der Waals surface area contributed by atoms with Gasteiger partial charge in [0.25, 0.3) is 5.91 Å². The average Bonchev–Trinajstić information content (AvgIpc) is 2.17. The molecule has 1 aromatic rings. The summed E-state index contributed by atoms with van der Waals surface area (Å²) in [5.41, 5.74) is 5.73. The Morgan fingerprint density at radius 2 is 1.62 bits per heavy atom. The molecule has 0 saturated heterocycles. The maximum atomic E-state index is 10.9. The number of nitrogens with one attached hydrogen (secondary N) is 1. The molecule has 5 heteroatoms. The molecule has 0 unspecified atom stereocenters. The van der Waals surface area contributed by atoms with Gasteiger partial charge in [0, 0.05) is 22.9 Å². The normalized spacial score (nSPS) is 9.31. The van der Waals surface area contributed by atoms with Gasteiger partial charge in [-0.3, -0.25) is 14.4 Å². The number of primary amides is 1. The Balaban J connectivity index is 2.93. The van der Waals surface area contributed by atoms with Crippen molar-refractivity contribution in [2.45, 2.75) is 0 Å². The first-order valence-corrected chi connectivity index (χ1v) is 3.84. The molecule has 0 heterocycles. The second-order valence-electron chi connectivity index (χ2n) is 2.37. The van der Waals surface area contributed by atoms with Crippen LogP contribution in [0.5, 0.6) is 0 Å². The number of hydrogen-bond acceptors (Lipinski definition) is 2. The molecule has 4 nitrogen and oxygen atoms in total. The molecule has 0 aliphatic rings. The highest BCUT2D eigenvalue weighted by atomic mass is 35.5. The standard InChI is InChI=1S/C8H7ClN2O2/c9-11-8(13)6-3-1-5(2-4-6)7(10)12/h1-4H,(H2,10,12)(H,11,13). The van der Waals surface area contributed by atoms with Gasteiger partial charge >= 0.3 is 0 Å². The molecule has 0 aliphatic heterocycles. The first-order chi connectivity index (χ1) is 6.15. The van der Waals surface area contributed by atoms with Gasteiger partial charge in [0.15, 0.2) is 0 Å². The van der Waals surface area contributed by atoms with E-state index in [0.717, 1.165) is 0 Å². The zero-order valence-electron chi connectivity index (χ0n) is 6.58. The van der Waals surface area contributed by atoms with Crippen LogP contribution < -0.4 is 10.6 Å². The topological polar surface area (TPSA) is 72.2 Å². The summed E-state index contributed by atoms with van der Waals surface area (Å²) in [6, 6.07) is 5.86. The minimum atomic E-state index is -0.530. The van der Waals surface area contributed by atoms with Gasteiger partial charge in [0.2, 0.25) is 5.91 Å². The molecule has 0 fully saturated rings. The van der Waals surface area contributed by atoms with Crippen molar-refractivity contribution in [1.29, 1.82) is 0 Å². The van der Waals surface area contributed by atoms with E-state index in [9.17, 15) is 9.59 Å². The van der Waals surface area contributed by atoms with Crippen LogP contribution in [0.3, 0.4) is 0 Å². The second-order valence-corrected chi connectivity index (χ2v) is 2.55. The number of amides is 2. The highest BCUT2D eigenvalue weighted by molar-refractivity contribution is 6.24. The minimum absolute atomic E-state index is 0.353. The van der Waals surface area contributed by atoms with Gasteiger partial charge in [0.05, 0.1) is 0 Å². The summed E-state index contributed by atoms with van der Waals surface area (Å²) in [4.78, 5) is 23.5. The lowest BCUT2D eigenvalue weighted by Gasteiger charge is -1.98. The summed E-state index contributed by atoms with van der Waals surface area (Å²) in [6.07, 6.45) is 0. The molecule has 1 rings (SSSR count). The van der Waals surface area contributed by atoms with E-state index in [2.05, 4.69) is 0 Å². The van der Waals surface area contributed by atoms with Crippen LogP contribution in [0.1, 0.15) is 20.7 Å². The average molecular weight is 199 g/mol. The van der Waals surface area contributed by atoms with Crippen LogP contribution in [-0.2, 0) is 0 Å². The number of nitrogens with two attached hydrogens (primary N) is 1. The number of benzene rings is 1. The fraction of sp³-hybridized carbons (Fsp3) is 0. The Kier molecular flexibility index (Phi) is 2.87. The SMILES string of the molecule is NC(=O)c1ccc(C(=O)NCl)cc1. The van der Waals surface area contributed by atoms with E-state index in [-0.39, 0.29) is 0 Å². The molecule has 0 atom stereocenters. The number of halogens is 1. The Labute approximate surface area is 79.8 Å². The summed E-state index contributed by atoms with van der Waals surface area (Å²) in [5.74, 6) is -0.949. The van der Waals surface area contributed by atoms with E-state index in [1.54, 1.807) is 0 Å². The number of carbonyl (C=O) groups is 2. The van der Waals surface area contributed by atoms with Crippen molar-refractivity contribution in [2.75, 3.05) is 0 Å². The molecule has 0 aliphatic carbocycles. The van der Waals surface area contributed by atoms with Crippen LogP contribution in [0, 0.1) is 0 Å². The molecule has 0 bridgehead atoms. The van der Waals surface area contributed by atoms with E-state index in [0.29, 0.717) is 11.1 Å². The Morgan fingerprint density at radius 3 is 2.00 bits per heavy atom. The fourth-order valence-electron chi connectivity index (χ4n) is 0.840. The molecule has 2 amide bonds. The van der Waals surface area contributed by atoms with Crippen molar-refractivity contribution < 1.29 is 9.59 Å². The van der Waals surface area contributed by atoms with Gasteiger partial charge in [-0.05, 0) is 24.3 Å². The van der Waals surface area contributed by atoms with Crippen molar-refractivity contribution in [3.63, 3.8) is 0 Å². The quantitative estimate of drug-likeness (QED) is 0.686. The third kappa shape index (κ3) is 2.19. The number of hydrogen-bond donors (Lipinski definition) is 2. The Morgan fingerprint density at radius 1 is 1.15 bits per heavy atom. The number of rotatable bonds is 2. The molecule has 0 spiro atoms. The molecule has 0 aromatic heterocycles. The van der Waals surface area contributed by atoms with Gasteiger partial charge in [-0.1, -0.05) is 0 Å². The summed E-state index contributed by atoms with van der Waals surface area (Å²) >= 11 is 5.10. The molecule has 68 valence electrons. The second kappa shape index (κ2) is 3.91. The van der Waals surface area contributed by atoms with Gasteiger partial charge < -0.3 is 5.73 Å². The van der Waals surface area contributed by atoms with E-state index in [1.165, 1.54) is 24.3 Å². The zero-order chi connectivity index (χ0) is 9.84. The van der Waals surface area contributed by atoms with Crippen LogP contribution in [0.15, 0.2) is 24.3 Å². The van der Waals surface area contributed by atoms with Crippen molar-refractivity contribution in [1.82, 2.24) is 4.84 Å². The monoisotopic (exact) mass is 198 g/mol. The molecular formula is C8H7ClN2O2. The van der Waals surface area contributed by atoms with Crippen LogP contribution in [0.4, 0.5) is 0 Å². The zero-order valence-corrected chi connectivity index (χ0v) is 7.34. The van der Waals surface area contributed by atoms with Crippen LogP contribution in [0.25, 0.3) is 0 Å². The van der Waals surface area contributed by atoms with E-state index in [1.807, 2.05) is 4.84 Å². The summed E-state index contributed by atoms with van der Waals surface area (Å²) in [6.45, 7) is 0. The molecule has 13 heavy (non-hydrogen) atoms. The Hall–Kier alpha value is -1.55. The third-order valence-corrected chi connectivity index (χ3v) is 1.69. The first-order valence-electron chi connectivity index (χ1n) is 3.46. The van der Waals surface area contributed by atoms with E-state index >= 15 is 0 Å². The van der Waals surface area contributed by atoms with E-state index < -0.39 is 11.8 Å². The van der Waals surface area contributed by atoms with Gasteiger partial charge in [-0.25, -0.2) is 0 Å². The minimum Gasteiger partial charge on any atom is -0.366 e. The predicted molar refractivity (Wildman–Crippen MR) is 48.3 cm³/mol. The summed E-state index contributed by atoms with van der Waals surface area (Å²) in [7, 11) is 0. The molecule has 0 radical (unpaired) electrons. The van der Waals surface area contributed by atoms with Crippen molar-refractivity contribution >= 4 is 23.6 Å². The molecule has 0 saturated carbocycles. The lowest BCUT2D eigenvalue weighted by Crippen LogP contribution is -2.14. The highest BCUT2D eigenvalue weighted by Gasteiger charge is 2.04. The van der Waals surface area contributed by atoms with Crippen molar-refractivity contribution in [2.24, 2.45) is 5.73 Å². The largest absolute Gasteiger partial charge is 0.366 e. The smallest absolute Gasteiger partial charge is 0.265 e. The number of carbonyl (C=O) groups excluding carboxylic acids is 2. The van der Waals surface area contributed by atoms with Gasteiger partial charge in [-0.15, -0.1) is 0 Å². The van der Waals surface area contributed by atoms with Crippen LogP contribution >= 0.6 is 11.8 Å². The lowest BCUT2D eigenvalue weighted by atomic mass is 10.1. The predicted octanol–water partition coefficient (Wildman–Crippen LogP) is 0.669. The van der Waals surface area contributed by atoms with Gasteiger partial charge in [-0.2, -0.15) is 0 Å². The Bertz CT molecular complexity index is 335. The lowest BCUT2D eigenvalue weighted by molar-refractivity contribution is 0.0976. The molecule has 1 aromatic carbocycles. The van der Waals surface area contributed by atoms with E-state index in [4.69, 9.17) is 17.5 Å². The fourth-order valence-corrected chi connectivity index (χ4v) is 0.950. The van der Waals surface area contributed by atoms with Crippen molar-refractivity contribution in [3.8, 4) is 0 Å². The summed E-state index contributed by atoms with van der Waals surface area (Å²) < 4.78 is 0. The van der Waals surface area contributed by atoms with Crippen LogP contribution in [0.2, 0.25) is 0 Å².